The number of nitrogens with one attached hydrogen (secondary N) is 1. The molecule has 9 heteroatoms. The molecule has 1 aromatic carbocycles. The molecule has 0 bridgehead atoms. The van der Waals surface area contributed by atoms with Crippen molar-refractivity contribution < 1.29 is 17.9 Å². The highest BCUT2D eigenvalue weighted by Gasteiger charge is 2.30. The van der Waals surface area contributed by atoms with E-state index < -0.39 is 6.36 Å². The zero-order valence-electron chi connectivity index (χ0n) is 14.6. The summed E-state index contributed by atoms with van der Waals surface area (Å²) in [5.41, 5.74) is 3.77. The fraction of sp³-hybridized carbons (Fsp3) is 0.105. The molecule has 0 fully saturated rings. The highest BCUT2D eigenvalue weighted by Crippen LogP contribution is 2.28. The summed E-state index contributed by atoms with van der Waals surface area (Å²) in [6.07, 6.45) is 0.306. The SMILES string of the molecule is Cc1nn2ccccc2c1-c1cncc(Nc2ccc(OC(F)(F)F)cc2)n1. The molecule has 0 radical (unpaired) electrons. The van der Waals surface area contributed by atoms with Gasteiger partial charge in [0.05, 0.1) is 34.9 Å². The van der Waals surface area contributed by atoms with E-state index in [-0.39, 0.29) is 5.75 Å². The summed E-state index contributed by atoms with van der Waals surface area (Å²) in [5.74, 6) is 0.163. The van der Waals surface area contributed by atoms with Crippen molar-refractivity contribution >= 4 is 17.0 Å². The molecule has 3 heterocycles. The van der Waals surface area contributed by atoms with Crippen LogP contribution in [0.5, 0.6) is 5.75 Å². The molecule has 0 spiro atoms. The molecular weight excluding hydrogens is 371 g/mol. The van der Waals surface area contributed by atoms with Gasteiger partial charge in [0.1, 0.15) is 11.6 Å². The van der Waals surface area contributed by atoms with Crippen molar-refractivity contribution in [1.82, 2.24) is 19.6 Å². The molecule has 0 aliphatic rings. The Hall–Kier alpha value is -3.62. The number of hydrogen-bond acceptors (Lipinski definition) is 5. The molecule has 6 nitrogen and oxygen atoms in total. The van der Waals surface area contributed by atoms with Crippen LogP contribution in [0.3, 0.4) is 0 Å². The van der Waals surface area contributed by atoms with Crippen molar-refractivity contribution in [2.45, 2.75) is 13.3 Å². The van der Waals surface area contributed by atoms with Crippen molar-refractivity contribution in [2.24, 2.45) is 0 Å². The minimum Gasteiger partial charge on any atom is -0.406 e. The zero-order chi connectivity index (χ0) is 19.7. The van der Waals surface area contributed by atoms with Gasteiger partial charge >= 0.3 is 6.36 Å². The standard InChI is InChI=1S/C19H14F3N5O/c1-12-18(16-4-2-3-9-27(16)26-12)15-10-23-11-17(25-15)24-13-5-7-14(8-6-13)28-19(20,21)22/h2-11H,1H3,(H,24,25). The van der Waals surface area contributed by atoms with Gasteiger partial charge in [-0.25, -0.2) is 9.50 Å². The molecule has 0 aliphatic heterocycles. The Morgan fingerprint density at radius 3 is 2.57 bits per heavy atom. The summed E-state index contributed by atoms with van der Waals surface area (Å²) < 4.78 is 42.4. The number of fused-ring (bicyclic) bond motifs is 1. The van der Waals surface area contributed by atoms with Crippen molar-refractivity contribution in [3.8, 4) is 17.0 Å². The number of anilines is 2. The molecule has 0 unspecified atom stereocenters. The Bertz CT molecular complexity index is 1120. The predicted molar refractivity (Wildman–Crippen MR) is 97.4 cm³/mol. The third-order valence-electron chi connectivity index (χ3n) is 3.97. The third kappa shape index (κ3) is 3.73. The Morgan fingerprint density at radius 1 is 1.04 bits per heavy atom. The van der Waals surface area contributed by atoms with Gasteiger partial charge in [0, 0.05) is 11.9 Å². The highest BCUT2D eigenvalue weighted by atomic mass is 19.4. The van der Waals surface area contributed by atoms with Gasteiger partial charge in [-0.2, -0.15) is 5.10 Å². The monoisotopic (exact) mass is 385 g/mol. The van der Waals surface area contributed by atoms with E-state index in [0.717, 1.165) is 16.8 Å². The zero-order valence-corrected chi connectivity index (χ0v) is 14.6. The molecular formula is C19H14F3N5O. The normalized spacial score (nSPS) is 11.6. The van der Waals surface area contributed by atoms with Gasteiger partial charge < -0.3 is 10.1 Å². The van der Waals surface area contributed by atoms with E-state index in [4.69, 9.17) is 0 Å². The lowest BCUT2D eigenvalue weighted by atomic mass is 10.1. The summed E-state index contributed by atoms with van der Waals surface area (Å²) in [4.78, 5) is 8.78. The predicted octanol–water partition coefficient (Wildman–Crippen LogP) is 4.74. The first-order chi connectivity index (χ1) is 13.4. The molecule has 28 heavy (non-hydrogen) atoms. The van der Waals surface area contributed by atoms with Crippen LogP contribution in [0.1, 0.15) is 5.69 Å². The molecule has 142 valence electrons. The summed E-state index contributed by atoms with van der Waals surface area (Å²) in [5, 5.41) is 7.49. The van der Waals surface area contributed by atoms with Crippen molar-refractivity contribution in [1.29, 1.82) is 0 Å². The Balaban J connectivity index is 1.60. The minimum atomic E-state index is -4.72. The van der Waals surface area contributed by atoms with Crippen LogP contribution in [-0.2, 0) is 0 Å². The summed E-state index contributed by atoms with van der Waals surface area (Å²) in [6, 6.07) is 11.1. The fourth-order valence-corrected chi connectivity index (χ4v) is 2.87. The summed E-state index contributed by atoms with van der Waals surface area (Å²) in [7, 11) is 0. The van der Waals surface area contributed by atoms with Crippen molar-refractivity contribution in [3.05, 3.63) is 66.7 Å². The number of aryl methyl sites for hydroxylation is 1. The smallest absolute Gasteiger partial charge is 0.406 e. The van der Waals surface area contributed by atoms with Gasteiger partial charge in [-0.1, -0.05) is 6.07 Å². The van der Waals surface area contributed by atoms with Gasteiger partial charge in [-0.15, -0.1) is 13.2 Å². The summed E-state index contributed by atoms with van der Waals surface area (Å²) >= 11 is 0. The fourth-order valence-electron chi connectivity index (χ4n) is 2.87. The van der Waals surface area contributed by atoms with E-state index in [2.05, 4.69) is 25.1 Å². The summed E-state index contributed by atoms with van der Waals surface area (Å²) in [6.45, 7) is 1.89. The van der Waals surface area contributed by atoms with E-state index >= 15 is 0 Å². The lowest BCUT2D eigenvalue weighted by molar-refractivity contribution is -0.274. The average molecular weight is 385 g/mol. The van der Waals surface area contributed by atoms with Crippen molar-refractivity contribution in [2.75, 3.05) is 5.32 Å². The second-order valence-electron chi connectivity index (χ2n) is 5.98. The maximum absolute atomic E-state index is 12.2. The van der Waals surface area contributed by atoms with Crippen LogP contribution in [0, 0.1) is 6.92 Å². The first-order valence-electron chi connectivity index (χ1n) is 8.28. The van der Waals surface area contributed by atoms with Gasteiger partial charge in [0.15, 0.2) is 0 Å². The highest BCUT2D eigenvalue weighted by molar-refractivity contribution is 5.80. The molecule has 0 atom stereocenters. The van der Waals surface area contributed by atoms with Gasteiger partial charge in [0.2, 0.25) is 0 Å². The van der Waals surface area contributed by atoms with Crippen molar-refractivity contribution in [3.63, 3.8) is 0 Å². The number of aromatic nitrogens is 4. The topological polar surface area (TPSA) is 64.3 Å². The first kappa shape index (κ1) is 17.8. The minimum absolute atomic E-state index is 0.292. The number of nitrogens with zero attached hydrogens (tertiary/aromatic N) is 4. The number of pyridine rings is 1. The van der Waals surface area contributed by atoms with Crippen LogP contribution in [-0.4, -0.2) is 25.9 Å². The quantitative estimate of drug-likeness (QED) is 0.550. The van der Waals surface area contributed by atoms with Gasteiger partial charge in [-0.3, -0.25) is 4.98 Å². The van der Waals surface area contributed by atoms with Crippen LogP contribution < -0.4 is 10.1 Å². The van der Waals surface area contributed by atoms with E-state index in [1.807, 2.05) is 31.3 Å². The molecule has 1 N–H and O–H groups in total. The van der Waals surface area contributed by atoms with Crippen LogP contribution in [0.2, 0.25) is 0 Å². The van der Waals surface area contributed by atoms with Gasteiger partial charge in [-0.05, 0) is 43.3 Å². The van der Waals surface area contributed by atoms with Crippen LogP contribution in [0.25, 0.3) is 16.8 Å². The number of ether oxygens (including phenoxy) is 1. The Labute approximate surface area is 157 Å². The largest absolute Gasteiger partial charge is 0.573 e. The number of rotatable bonds is 4. The number of hydrogen-bond donors (Lipinski definition) is 1. The Kier molecular flexibility index (Phi) is 4.34. The number of alkyl halides is 3. The van der Waals surface area contributed by atoms with E-state index in [0.29, 0.717) is 17.2 Å². The van der Waals surface area contributed by atoms with E-state index in [9.17, 15) is 13.2 Å². The van der Waals surface area contributed by atoms with Crippen LogP contribution in [0.4, 0.5) is 24.7 Å². The maximum atomic E-state index is 12.2. The first-order valence-corrected chi connectivity index (χ1v) is 8.28. The van der Waals surface area contributed by atoms with E-state index in [1.165, 1.54) is 30.5 Å². The molecule has 0 saturated carbocycles. The lowest BCUT2D eigenvalue weighted by Crippen LogP contribution is -2.16. The molecule has 4 rings (SSSR count). The van der Waals surface area contributed by atoms with E-state index in [1.54, 1.807) is 10.7 Å². The second-order valence-corrected chi connectivity index (χ2v) is 5.98. The Morgan fingerprint density at radius 2 is 1.82 bits per heavy atom. The number of halogens is 3. The maximum Gasteiger partial charge on any atom is 0.573 e. The molecule has 3 aromatic heterocycles. The number of benzene rings is 1. The molecule has 0 aliphatic carbocycles. The third-order valence-corrected chi connectivity index (χ3v) is 3.97. The average Bonchev–Trinajstić information content (AvgIpc) is 2.98. The second kappa shape index (κ2) is 6.84. The van der Waals surface area contributed by atoms with Crippen LogP contribution in [0.15, 0.2) is 61.1 Å². The lowest BCUT2D eigenvalue weighted by Gasteiger charge is -2.10. The molecule has 0 saturated heterocycles. The van der Waals surface area contributed by atoms with Gasteiger partial charge in [0.25, 0.3) is 0 Å². The molecule has 0 amide bonds. The van der Waals surface area contributed by atoms with Crippen LogP contribution >= 0.6 is 0 Å². The molecule has 4 aromatic rings.